The van der Waals surface area contributed by atoms with Crippen LogP contribution in [0.4, 0.5) is 5.69 Å². The molecule has 21 heavy (non-hydrogen) atoms. The average Bonchev–Trinajstić information content (AvgIpc) is 2.85. The van der Waals surface area contributed by atoms with Gasteiger partial charge in [-0.3, -0.25) is 9.69 Å². The minimum absolute atomic E-state index is 0.0129. The highest BCUT2D eigenvalue weighted by Gasteiger charge is 2.18. The molecule has 0 fully saturated rings. The second-order valence-corrected chi connectivity index (χ2v) is 7.17. The van der Waals surface area contributed by atoms with Crippen LogP contribution in [0.5, 0.6) is 0 Å². The Labute approximate surface area is 137 Å². The van der Waals surface area contributed by atoms with Gasteiger partial charge in [0.25, 0.3) is 0 Å². The van der Waals surface area contributed by atoms with Crippen molar-refractivity contribution < 1.29 is 4.79 Å². The van der Waals surface area contributed by atoms with Crippen molar-refractivity contribution in [1.82, 2.24) is 9.88 Å². The van der Waals surface area contributed by atoms with Crippen LogP contribution in [0.1, 0.15) is 16.8 Å². The van der Waals surface area contributed by atoms with Gasteiger partial charge in [0.15, 0.2) is 0 Å². The van der Waals surface area contributed by atoms with E-state index in [-0.39, 0.29) is 11.9 Å². The topological polar surface area (TPSA) is 45.2 Å². The highest BCUT2D eigenvalue weighted by Crippen LogP contribution is 2.17. The summed E-state index contributed by atoms with van der Waals surface area (Å²) in [6.07, 6.45) is 1.87. The molecule has 0 aliphatic rings. The highest BCUT2D eigenvalue weighted by molar-refractivity contribution is 9.10. The van der Waals surface area contributed by atoms with Crippen LogP contribution in [0.25, 0.3) is 0 Å². The first-order valence-electron chi connectivity index (χ1n) is 6.63. The van der Waals surface area contributed by atoms with Gasteiger partial charge in [-0.15, -0.1) is 11.3 Å². The summed E-state index contributed by atoms with van der Waals surface area (Å²) >= 11 is 5.04. The van der Waals surface area contributed by atoms with E-state index in [0.717, 1.165) is 21.7 Å². The number of rotatable bonds is 5. The predicted molar refractivity (Wildman–Crippen MR) is 90.6 cm³/mol. The number of hydrogen-bond acceptors (Lipinski definition) is 4. The first-order valence-corrected chi connectivity index (χ1v) is 8.24. The number of carbonyl (C=O) groups excluding carboxylic acids is 1. The van der Waals surface area contributed by atoms with Crippen molar-refractivity contribution in [3.05, 3.63) is 44.8 Å². The highest BCUT2D eigenvalue weighted by atomic mass is 79.9. The Balaban J connectivity index is 1.93. The summed E-state index contributed by atoms with van der Waals surface area (Å²) in [6.45, 7) is 4.61. The van der Waals surface area contributed by atoms with Gasteiger partial charge in [0.2, 0.25) is 5.91 Å². The number of thiazole rings is 1. The van der Waals surface area contributed by atoms with E-state index >= 15 is 0 Å². The Bertz CT molecular complexity index is 612. The lowest BCUT2D eigenvalue weighted by Gasteiger charge is -2.23. The maximum Gasteiger partial charge on any atom is 0.241 e. The normalized spacial score (nSPS) is 12.4. The number of aryl methyl sites for hydroxylation is 1. The van der Waals surface area contributed by atoms with Crippen LogP contribution in [0, 0.1) is 6.92 Å². The summed E-state index contributed by atoms with van der Waals surface area (Å²) in [5.41, 5.74) is 0.803. The standard InChI is InChI=1S/C15H18BrN3OS/c1-10(19(3)9-14-8-17-11(2)21-14)15(20)18-13-6-4-12(16)5-7-13/h4-8,10H,9H2,1-3H3,(H,18,20). The van der Waals surface area contributed by atoms with E-state index in [1.165, 1.54) is 4.88 Å². The van der Waals surface area contributed by atoms with Crippen LogP contribution in [0.15, 0.2) is 34.9 Å². The second kappa shape index (κ2) is 7.15. The summed E-state index contributed by atoms with van der Waals surface area (Å²) in [5.74, 6) is -0.0129. The van der Waals surface area contributed by atoms with E-state index in [2.05, 4.69) is 26.2 Å². The maximum atomic E-state index is 12.3. The van der Waals surface area contributed by atoms with E-state index in [0.29, 0.717) is 0 Å². The van der Waals surface area contributed by atoms with Crippen molar-refractivity contribution in [2.24, 2.45) is 0 Å². The molecule has 0 saturated heterocycles. The van der Waals surface area contributed by atoms with Crippen molar-refractivity contribution in [3.63, 3.8) is 0 Å². The molecule has 1 atom stereocenters. The largest absolute Gasteiger partial charge is 0.325 e. The molecule has 0 saturated carbocycles. The fraction of sp³-hybridized carbons (Fsp3) is 0.333. The molecule has 1 heterocycles. The Hall–Kier alpha value is -1.24. The molecule has 0 radical (unpaired) electrons. The molecule has 4 nitrogen and oxygen atoms in total. The van der Waals surface area contributed by atoms with Gasteiger partial charge >= 0.3 is 0 Å². The van der Waals surface area contributed by atoms with E-state index in [9.17, 15) is 4.79 Å². The van der Waals surface area contributed by atoms with Crippen LogP contribution in [0.2, 0.25) is 0 Å². The van der Waals surface area contributed by atoms with Gasteiger partial charge in [-0.2, -0.15) is 0 Å². The monoisotopic (exact) mass is 367 g/mol. The Morgan fingerprint density at radius 3 is 2.67 bits per heavy atom. The van der Waals surface area contributed by atoms with Gasteiger partial charge < -0.3 is 5.32 Å². The number of aromatic nitrogens is 1. The van der Waals surface area contributed by atoms with E-state index in [4.69, 9.17) is 0 Å². The zero-order valence-corrected chi connectivity index (χ0v) is 14.7. The third-order valence-electron chi connectivity index (χ3n) is 3.23. The number of nitrogens with zero attached hydrogens (tertiary/aromatic N) is 2. The number of hydrogen-bond donors (Lipinski definition) is 1. The van der Waals surface area contributed by atoms with Crippen LogP contribution in [0.3, 0.4) is 0 Å². The molecule has 0 bridgehead atoms. The number of likely N-dealkylation sites (N-methyl/N-ethyl adjacent to an activating group) is 1. The van der Waals surface area contributed by atoms with E-state index < -0.39 is 0 Å². The fourth-order valence-electron chi connectivity index (χ4n) is 1.84. The maximum absolute atomic E-state index is 12.3. The number of nitrogens with one attached hydrogen (secondary N) is 1. The zero-order chi connectivity index (χ0) is 15.4. The molecule has 1 aromatic heterocycles. The molecule has 2 aromatic rings. The van der Waals surface area contributed by atoms with Crippen LogP contribution in [-0.4, -0.2) is 28.9 Å². The van der Waals surface area contributed by atoms with Crippen molar-refractivity contribution in [3.8, 4) is 0 Å². The van der Waals surface area contributed by atoms with Crippen molar-refractivity contribution in [1.29, 1.82) is 0 Å². The lowest BCUT2D eigenvalue weighted by Crippen LogP contribution is -2.39. The quantitative estimate of drug-likeness (QED) is 0.876. The number of benzene rings is 1. The number of halogens is 1. The number of carbonyl (C=O) groups is 1. The van der Waals surface area contributed by atoms with Crippen molar-refractivity contribution >= 4 is 38.9 Å². The molecule has 2 rings (SSSR count). The Kier molecular flexibility index (Phi) is 5.50. The SMILES string of the molecule is Cc1ncc(CN(C)C(C)C(=O)Nc2ccc(Br)cc2)s1. The molecule has 0 aliphatic heterocycles. The molecule has 0 aliphatic carbocycles. The van der Waals surface area contributed by atoms with Gasteiger partial charge in [-0.1, -0.05) is 15.9 Å². The molecule has 1 amide bonds. The minimum atomic E-state index is -0.212. The molecular formula is C15H18BrN3OS. The number of anilines is 1. The molecule has 0 spiro atoms. The Morgan fingerprint density at radius 1 is 1.43 bits per heavy atom. The van der Waals surface area contributed by atoms with Gasteiger partial charge in [-0.05, 0) is 45.2 Å². The first kappa shape index (κ1) is 16.1. The van der Waals surface area contributed by atoms with Crippen molar-refractivity contribution in [2.75, 3.05) is 12.4 Å². The predicted octanol–water partition coefficient (Wildman–Crippen LogP) is 3.67. The molecule has 112 valence electrons. The lowest BCUT2D eigenvalue weighted by atomic mass is 10.2. The summed E-state index contributed by atoms with van der Waals surface area (Å²) < 4.78 is 0.992. The summed E-state index contributed by atoms with van der Waals surface area (Å²) in [5, 5.41) is 3.97. The number of amides is 1. The fourth-order valence-corrected chi connectivity index (χ4v) is 2.96. The zero-order valence-electron chi connectivity index (χ0n) is 12.3. The molecule has 1 aromatic carbocycles. The van der Waals surface area contributed by atoms with E-state index in [1.807, 2.05) is 56.3 Å². The van der Waals surface area contributed by atoms with Gasteiger partial charge in [0, 0.05) is 27.8 Å². The molecular weight excluding hydrogens is 350 g/mol. The van der Waals surface area contributed by atoms with Gasteiger partial charge in [-0.25, -0.2) is 4.98 Å². The lowest BCUT2D eigenvalue weighted by molar-refractivity contribution is -0.120. The molecule has 1 N–H and O–H groups in total. The van der Waals surface area contributed by atoms with Crippen LogP contribution >= 0.6 is 27.3 Å². The van der Waals surface area contributed by atoms with Crippen LogP contribution < -0.4 is 5.32 Å². The van der Waals surface area contributed by atoms with Crippen LogP contribution in [-0.2, 0) is 11.3 Å². The molecule has 1 unspecified atom stereocenters. The average molecular weight is 368 g/mol. The third kappa shape index (κ3) is 4.62. The van der Waals surface area contributed by atoms with Crippen molar-refractivity contribution in [2.45, 2.75) is 26.4 Å². The summed E-state index contributed by atoms with van der Waals surface area (Å²) in [7, 11) is 1.95. The second-order valence-electron chi connectivity index (χ2n) is 4.93. The molecule has 6 heteroatoms. The summed E-state index contributed by atoms with van der Waals surface area (Å²) in [4.78, 5) is 19.7. The Morgan fingerprint density at radius 2 is 2.10 bits per heavy atom. The minimum Gasteiger partial charge on any atom is -0.325 e. The smallest absolute Gasteiger partial charge is 0.241 e. The van der Waals surface area contributed by atoms with Gasteiger partial charge in [0.1, 0.15) is 0 Å². The first-order chi connectivity index (χ1) is 9.95. The van der Waals surface area contributed by atoms with Gasteiger partial charge in [0.05, 0.1) is 11.0 Å². The summed E-state index contributed by atoms with van der Waals surface area (Å²) in [6, 6.07) is 7.35. The third-order valence-corrected chi connectivity index (χ3v) is 4.65. The van der Waals surface area contributed by atoms with E-state index in [1.54, 1.807) is 11.3 Å².